The molecule has 0 spiro atoms. The molecule has 6 aliphatic carbocycles. The van der Waals surface area contributed by atoms with Gasteiger partial charge in [-0.3, -0.25) is 6.08 Å². The van der Waals surface area contributed by atoms with Crippen molar-refractivity contribution in [2.24, 2.45) is 43.8 Å². The zero-order valence-corrected chi connectivity index (χ0v) is 36.8. The number of hydrogen-bond acceptors (Lipinski definition) is 0. The van der Waals surface area contributed by atoms with Gasteiger partial charge in [0.05, 0.1) is 0 Å². The molecule has 0 heterocycles. The predicted octanol–water partition coefficient (Wildman–Crippen LogP) is 6.38. The third-order valence-corrected chi connectivity index (χ3v) is 16.7. The second-order valence-electron chi connectivity index (χ2n) is 16.8. The number of hydrogen-bond donors (Lipinski definition) is 0. The van der Waals surface area contributed by atoms with Crippen LogP contribution < -0.4 is 24.8 Å². The number of benzene rings is 2. The zero-order valence-electron chi connectivity index (χ0n) is 32.8. The van der Waals surface area contributed by atoms with Crippen LogP contribution in [0.5, 0.6) is 0 Å². The van der Waals surface area contributed by atoms with Gasteiger partial charge in [-0.2, -0.15) is 6.08 Å². The van der Waals surface area contributed by atoms with Crippen LogP contribution in [0.2, 0.25) is 0 Å². The SMILES string of the molecule is CC1=CC=CC2[CH-]C3(C)C4(C)C=CC=CC4(C)C4(C)C=CC=CC4(C)C3(C)C12C.Cc1ccc([C](=[Zr+2])c2ccc(C)cc2)cc1.[C-]1=CC=CC1.[Cl-].[Cl-]. The van der Waals surface area contributed by atoms with E-state index in [1.54, 1.807) is 0 Å². The average Bonchev–Trinajstić information content (AvgIpc) is 3.75. The molecule has 2 fully saturated rings. The van der Waals surface area contributed by atoms with Crippen LogP contribution in [-0.2, 0) is 24.2 Å². The Kier molecular flexibility index (Phi) is 12.3. The largest absolute Gasteiger partial charge is 1.00 e. The summed E-state index contributed by atoms with van der Waals surface area (Å²) in [5, 5.41) is 0. The molecule has 6 aliphatic rings. The van der Waals surface area contributed by atoms with E-state index >= 15 is 0 Å². The van der Waals surface area contributed by atoms with Crippen molar-refractivity contribution in [1.82, 2.24) is 0 Å². The van der Waals surface area contributed by atoms with E-state index in [9.17, 15) is 0 Å². The molecule has 0 amide bonds. The molecular weight excluding hydrogens is 751 g/mol. The van der Waals surface area contributed by atoms with Gasteiger partial charge in [-0.25, -0.2) is 12.2 Å². The predicted molar refractivity (Wildman–Crippen MR) is 211 cm³/mol. The minimum absolute atomic E-state index is 0. The molecular formula is C49H56Cl2Zr-2. The molecule has 2 saturated carbocycles. The van der Waals surface area contributed by atoms with Crippen LogP contribution in [0.1, 0.15) is 84.1 Å². The van der Waals surface area contributed by atoms with E-state index < -0.39 is 0 Å². The summed E-state index contributed by atoms with van der Waals surface area (Å²) < 4.78 is 1.42. The van der Waals surface area contributed by atoms with Crippen LogP contribution in [0.25, 0.3) is 0 Å². The molecule has 0 bridgehead atoms. The Balaban J connectivity index is 0.000000221. The van der Waals surface area contributed by atoms with E-state index in [1.807, 2.05) is 12.2 Å². The fraction of sp³-hybridized carbons (Fsp3) is 0.388. The first-order valence-electron chi connectivity index (χ1n) is 18.5. The fourth-order valence-corrected chi connectivity index (χ4v) is 12.0. The van der Waals surface area contributed by atoms with Crippen molar-refractivity contribution in [2.45, 2.75) is 75.7 Å². The molecule has 8 rings (SSSR count). The average molecular weight is 807 g/mol. The molecule has 2 aromatic rings. The van der Waals surface area contributed by atoms with Gasteiger partial charge in [-0.15, -0.1) is 23.8 Å². The summed E-state index contributed by atoms with van der Waals surface area (Å²) in [6.07, 6.45) is 39.3. The summed E-state index contributed by atoms with van der Waals surface area (Å²) in [7, 11) is 0. The summed E-state index contributed by atoms with van der Waals surface area (Å²) in [5.74, 6) is 0.460. The number of fused-ring (bicyclic) bond motifs is 8. The molecule has 52 heavy (non-hydrogen) atoms. The molecule has 0 saturated heterocycles. The topological polar surface area (TPSA) is 0 Å². The van der Waals surface area contributed by atoms with Crippen molar-refractivity contribution < 1.29 is 49.0 Å². The Morgan fingerprint density at radius 3 is 1.54 bits per heavy atom. The molecule has 272 valence electrons. The van der Waals surface area contributed by atoms with Crippen LogP contribution in [-0.4, -0.2) is 3.21 Å². The smallest absolute Gasteiger partial charge is 0.109 e. The van der Waals surface area contributed by atoms with Crippen molar-refractivity contribution in [1.29, 1.82) is 0 Å². The summed E-state index contributed by atoms with van der Waals surface area (Å²) in [6, 6.07) is 17.5. The van der Waals surface area contributed by atoms with E-state index in [4.69, 9.17) is 0 Å². The van der Waals surface area contributed by atoms with Gasteiger partial charge in [0.2, 0.25) is 0 Å². The van der Waals surface area contributed by atoms with Gasteiger partial charge >= 0.3 is 112 Å². The van der Waals surface area contributed by atoms with Gasteiger partial charge in [0, 0.05) is 10.8 Å². The van der Waals surface area contributed by atoms with E-state index in [-0.39, 0.29) is 62.7 Å². The Bertz CT molecular complexity index is 1840. The molecule has 8 unspecified atom stereocenters. The normalized spacial score (nSPS) is 37.8. The minimum Gasteiger partial charge on any atom is -1.00 e. The molecule has 2 aromatic carbocycles. The zero-order chi connectivity index (χ0) is 36.2. The van der Waals surface area contributed by atoms with Crippen LogP contribution in [0.3, 0.4) is 0 Å². The number of aryl methyl sites for hydroxylation is 2. The van der Waals surface area contributed by atoms with Crippen molar-refractivity contribution in [2.75, 3.05) is 0 Å². The van der Waals surface area contributed by atoms with Gasteiger partial charge in [0.1, 0.15) is 0 Å². The number of allylic oxidation sites excluding steroid dienone is 16. The fourth-order valence-electron chi connectivity index (χ4n) is 11.2. The molecule has 0 nitrogen and oxygen atoms in total. The Labute approximate surface area is 343 Å². The second-order valence-corrected chi connectivity index (χ2v) is 18.0. The first-order chi connectivity index (χ1) is 23.6. The molecule has 0 aromatic heterocycles. The summed E-state index contributed by atoms with van der Waals surface area (Å²) in [5.41, 5.74) is 7.05. The molecule has 3 heteroatoms. The Morgan fingerprint density at radius 2 is 1.10 bits per heavy atom. The van der Waals surface area contributed by atoms with Crippen LogP contribution in [0.15, 0.2) is 139 Å². The van der Waals surface area contributed by atoms with Crippen LogP contribution in [0, 0.1) is 70.2 Å². The van der Waals surface area contributed by atoms with Gasteiger partial charge < -0.3 is 31.2 Å². The maximum Gasteiger partial charge on any atom is -0.109 e. The number of halogens is 2. The Hall–Kier alpha value is -2.31. The third kappa shape index (κ3) is 5.73. The molecule has 0 aliphatic heterocycles. The summed E-state index contributed by atoms with van der Waals surface area (Å²) in [4.78, 5) is 0. The van der Waals surface area contributed by atoms with Crippen LogP contribution >= 0.6 is 0 Å². The van der Waals surface area contributed by atoms with Gasteiger partial charge in [0.25, 0.3) is 0 Å². The molecule has 8 atom stereocenters. The van der Waals surface area contributed by atoms with E-state index in [2.05, 4.69) is 203 Å². The van der Waals surface area contributed by atoms with Crippen molar-refractivity contribution >= 4 is 3.21 Å². The molecule has 0 radical (unpaired) electrons. The van der Waals surface area contributed by atoms with Gasteiger partial charge in [-0.05, 0) is 28.6 Å². The van der Waals surface area contributed by atoms with Crippen molar-refractivity contribution in [3.8, 4) is 0 Å². The van der Waals surface area contributed by atoms with E-state index in [0.29, 0.717) is 5.92 Å². The van der Waals surface area contributed by atoms with Crippen molar-refractivity contribution in [3.05, 3.63) is 174 Å². The van der Waals surface area contributed by atoms with Gasteiger partial charge in [-0.1, -0.05) is 115 Å². The quantitative estimate of drug-likeness (QED) is 0.310. The Morgan fingerprint density at radius 1 is 0.635 bits per heavy atom. The second kappa shape index (κ2) is 15.1. The molecule has 0 N–H and O–H groups in total. The van der Waals surface area contributed by atoms with Gasteiger partial charge in [0.15, 0.2) is 0 Å². The number of rotatable bonds is 2. The van der Waals surface area contributed by atoms with E-state index in [1.165, 1.54) is 55.3 Å². The monoisotopic (exact) mass is 804 g/mol. The van der Waals surface area contributed by atoms with Crippen LogP contribution in [0.4, 0.5) is 0 Å². The summed E-state index contributed by atoms with van der Waals surface area (Å²) >= 11 is 1.46. The minimum atomic E-state index is 0. The maximum absolute atomic E-state index is 2.99. The standard InChI is InChI=1S/C29H37.C15H14.C5H5.2ClH.Zr/c1-21-14-13-15-22-20-27(6)25(4)18-10-9-16-23(25,2)24(3)17-11-12-19-26(24,5)29(27,8)28(21,22)7;1-12-3-7-14(8-4-12)11-15-9-5-13(2)6-10-15;1-2-4-5-3-1;;;/h9-20,22H,1-8H3;3-10H,1-2H3;1-3H,4H2;2*1H;/q-1;;-1;;;+2/p-2. The maximum atomic E-state index is 2.99. The van der Waals surface area contributed by atoms with Crippen molar-refractivity contribution in [3.63, 3.8) is 0 Å². The third-order valence-electron chi connectivity index (χ3n) is 15.3. The first-order valence-corrected chi connectivity index (χ1v) is 19.7. The van der Waals surface area contributed by atoms with E-state index in [0.717, 1.165) is 6.42 Å². The first kappa shape index (κ1) is 42.4. The summed E-state index contributed by atoms with van der Waals surface area (Å²) in [6.45, 7) is 24.5.